The molecular formula is C9H18N4O. The van der Waals surface area contributed by atoms with Gasteiger partial charge in [0.2, 0.25) is 5.91 Å². The van der Waals surface area contributed by atoms with Gasteiger partial charge in [-0.15, -0.1) is 0 Å². The van der Waals surface area contributed by atoms with E-state index in [1.807, 2.05) is 21.0 Å². The van der Waals surface area contributed by atoms with Crippen LogP contribution in [0.5, 0.6) is 0 Å². The summed E-state index contributed by atoms with van der Waals surface area (Å²) in [6.45, 7) is 2.68. The fourth-order valence-electron chi connectivity index (χ4n) is 1.43. The summed E-state index contributed by atoms with van der Waals surface area (Å²) in [6.07, 6.45) is 1.38. The summed E-state index contributed by atoms with van der Waals surface area (Å²) in [5, 5.41) is 11.9. The molecule has 14 heavy (non-hydrogen) atoms. The predicted octanol–water partition coefficient (Wildman–Crippen LogP) is -0.250. The van der Waals surface area contributed by atoms with Crippen LogP contribution in [0.1, 0.15) is 19.8 Å². The highest BCUT2D eigenvalue weighted by atomic mass is 16.1. The van der Waals surface area contributed by atoms with Crippen LogP contribution in [0.15, 0.2) is 5.10 Å². The molecule has 1 aliphatic heterocycles. The quantitative estimate of drug-likeness (QED) is 0.655. The molecule has 0 radical (unpaired) electrons. The summed E-state index contributed by atoms with van der Waals surface area (Å²) < 4.78 is 0. The third kappa shape index (κ3) is 2.99. The lowest BCUT2D eigenvalue weighted by molar-refractivity contribution is -0.122. The molecule has 0 aromatic rings. The molecule has 0 aliphatic carbocycles. The average Bonchev–Trinajstić information content (AvgIpc) is 2.42. The summed E-state index contributed by atoms with van der Waals surface area (Å²) in [5.41, 5.74) is 1.06. The molecule has 80 valence electrons. The second-order valence-corrected chi connectivity index (χ2v) is 3.55. The molecule has 2 N–H and O–H groups in total. The standard InChI is InChI=1S/C9H18N4O/c1-7-6-8(13(3)12-7)11-9(14)4-5-10-2/h8,10H,4-6H2,1-3H3,(H,11,14). The van der Waals surface area contributed by atoms with E-state index in [0.717, 1.165) is 12.1 Å². The number of rotatable bonds is 4. The Balaban J connectivity index is 2.28. The van der Waals surface area contributed by atoms with Crippen molar-refractivity contribution in [2.24, 2.45) is 5.10 Å². The fraction of sp³-hybridized carbons (Fsp3) is 0.778. The predicted molar refractivity (Wildman–Crippen MR) is 56.0 cm³/mol. The molecule has 1 heterocycles. The Labute approximate surface area is 84.5 Å². The van der Waals surface area contributed by atoms with Crippen molar-refractivity contribution in [1.82, 2.24) is 15.6 Å². The zero-order valence-electron chi connectivity index (χ0n) is 9.00. The van der Waals surface area contributed by atoms with Gasteiger partial charge in [-0.3, -0.25) is 9.80 Å². The molecule has 0 bridgehead atoms. The van der Waals surface area contributed by atoms with Crippen molar-refractivity contribution in [2.45, 2.75) is 25.9 Å². The molecule has 0 fully saturated rings. The topological polar surface area (TPSA) is 56.7 Å². The van der Waals surface area contributed by atoms with Crippen LogP contribution < -0.4 is 10.6 Å². The Kier molecular flexibility index (Phi) is 3.88. The molecule has 5 nitrogen and oxygen atoms in total. The van der Waals surface area contributed by atoms with Crippen molar-refractivity contribution >= 4 is 11.6 Å². The molecule has 1 atom stereocenters. The van der Waals surface area contributed by atoms with E-state index in [1.54, 1.807) is 5.01 Å². The van der Waals surface area contributed by atoms with Crippen LogP contribution in [0, 0.1) is 0 Å². The number of carbonyl (C=O) groups excluding carboxylic acids is 1. The fourth-order valence-corrected chi connectivity index (χ4v) is 1.43. The van der Waals surface area contributed by atoms with E-state index < -0.39 is 0 Å². The van der Waals surface area contributed by atoms with E-state index in [9.17, 15) is 4.79 Å². The van der Waals surface area contributed by atoms with Crippen molar-refractivity contribution in [3.63, 3.8) is 0 Å². The van der Waals surface area contributed by atoms with Gasteiger partial charge in [0.05, 0.1) is 0 Å². The van der Waals surface area contributed by atoms with E-state index in [2.05, 4.69) is 15.7 Å². The van der Waals surface area contributed by atoms with E-state index >= 15 is 0 Å². The summed E-state index contributed by atoms with van der Waals surface area (Å²) in [4.78, 5) is 11.4. The minimum atomic E-state index is 0.0411. The van der Waals surface area contributed by atoms with E-state index in [1.165, 1.54) is 0 Å². The molecule has 0 aromatic heterocycles. The van der Waals surface area contributed by atoms with Crippen LogP contribution in [0.3, 0.4) is 0 Å². The Morgan fingerprint density at radius 1 is 1.71 bits per heavy atom. The zero-order valence-corrected chi connectivity index (χ0v) is 9.00. The summed E-state index contributed by atoms with van der Waals surface area (Å²) in [6, 6.07) is 0. The molecule has 0 spiro atoms. The molecule has 0 saturated carbocycles. The van der Waals surface area contributed by atoms with Gasteiger partial charge in [0, 0.05) is 32.1 Å². The van der Waals surface area contributed by atoms with Gasteiger partial charge in [-0.1, -0.05) is 0 Å². The maximum atomic E-state index is 11.4. The number of hydrazone groups is 1. The normalized spacial score (nSPS) is 20.9. The Morgan fingerprint density at radius 2 is 2.43 bits per heavy atom. The van der Waals surface area contributed by atoms with Crippen LogP contribution in [0.4, 0.5) is 0 Å². The maximum absolute atomic E-state index is 11.4. The van der Waals surface area contributed by atoms with Crippen molar-refractivity contribution in [2.75, 3.05) is 20.6 Å². The molecule has 1 aliphatic rings. The monoisotopic (exact) mass is 198 g/mol. The molecule has 1 unspecified atom stereocenters. The summed E-state index contributed by atoms with van der Waals surface area (Å²) in [7, 11) is 3.71. The SMILES string of the molecule is CNCCC(=O)NC1CC(C)=NN1C. The van der Waals surface area contributed by atoms with E-state index in [4.69, 9.17) is 0 Å². The number of hydrogen-bond donors (Lipinski definition) is 2. The number of carbonyl (C=O) groups is 1. The molecule has 1 rings (SSSR count). The van der Waals surface area contributed by atoms with Crippen molar-refractivity contribution in [1.29, 1.82) is 0 Å². The van der Waals surface area contributed by atoms with Crippen LogP contribution in [-0.2, 0) is 4.79 Å². The Hall–Kier alpha value is -1.10. The van der Waals surface area contributed by atoms with Gasteiger partial charge in [0.25, 0.3) is 0 Å². The van der Waals surface area contributed by atoms with Gasteiger partial charge in [-0.25, -0.2) is 0 Å². The van der Waals surface area contributed by atoms with Gasteiger partial charge >= 0.3 is 0 Å². The van der Waals surface area contributed by atoms with Crippen molar-refractivity contribution < 1.29 is 4.79 Å². The first-order chi connectivity index (χ1) is 6.63. The highest BCUT2D eigenvalue weighted by Gasteiger charge is 2.22. The minimum absolute atomic E-state index is 0.0411. The lowest BCUT2D eigenvalue weighted by Crippen LogP contribution is -2.42. The molecular weight excluding hydrogens is 180 g/mol. The number of amides is 1. The van der Waals surface area contributed by atoms with E-state index in [-0.39, 0.29) is 12.1 Å². The van der Waals surface area contributed by atoms with Crippen LogP contribution in [0.2, 0.25) is 0 Å². The van der Waals surface area contributed by atoms with Crippen molar-refractivity contribution in [3.8, 4) is 0 Å². The maximum Gasteiger partial charge on any atom is 0.222 e. The number of nitrogens with zero attached hydrogens (tertiary/aromatic N) is 2. The lowest BCUT2D eigenvalue weighted by Gasteiger charge is -2.19. The minimum Gasteiger partial charge on any atom is -0.334 e. The van der Waals surface area contributed by atoms with Crippen LogP contribution in [0.25, 0.3) is 0 Å². The summed E-state index contributed by atoms with van der Waals surface area (Å²) in [5.74, 6) is 0.0705. The molecule has 1 amide bonds. The number of nitrogens with one attached hydrogen (secondary N) is 2. The number of hydrogen-bond acceptors (Lipinski definition) is 4. The van der Waals surface area contributed by atoms with Gasteiger partial charge < -0.3 is 10.6 Å². The zero-order chi connectivity index (χ0) is 10.6. The van der Waals surface area contributed by atoms with Gasteiger partial charge in [0.15, 0.2) is 0 Å². The third-order valence-corrected chi connectivity index (χ3v) is 2.20. The molecule has 0 aromatic carbocycles. The van der Waals surface area contributed by atoms with Gasteiger partial charge in [-0.2, -0.15) is 5.10 Å². The first kappa shape index (κ1) is 11.0. The first-order valence-electron chi connectivity index (χ1n) is 4.84. The second kappa shape index (κ2) is 4.95. The third-order valence-electron chi connectivity index (χ3n) is 2.20. The second-order valence-electron chi connectivity index (χ2n) is 3.55. The van der Waals surface area contributed by atoms with Crippen LogP contribution in [-0.4, -0.2) is 43.4 Å². The van der Waals surface area contributed by atoms with Gasteiger partial charge in [-0.05, 0) is 14.0 Å². The molecule has 5 heteroatoms. The smallest absolute Gasteiger partial charge is 0.222 e. The Bertz CT molecular complexity index is 239. The van der Waals surface area contributed by atoms with Crippen LogP contribution >= 0.6 is 0 Å². The Morgan fingerprint density at radius 3 is 2.93 bits per heavy atom. The average molecular weight is 198 g/mol. The van der Waals surface area contributed by atoms with Gasteiger partial charge in [0.1, 0.15) is 6.17 Å². The lowest BCUT2D eigenvalue weighted by atomic mass is 10.2. The highest BCUT2D eigenvalue weighted by molar-refractivity contribution is 5.84. The largest absolute Gasteiger partial charge is 0.334 e. The summed E-state index contributed by atoms with van der Waals surface area (Å²) >= 11 is 0. The molecule has 0 saturated heterocycles. The first-order valence-corrected chi connectivity index (χ1v) is 4.84. The highest BCUT2D eigenvalue weighted by Crippen LogP contribution is 2.09. The van der Waals surface area contributed by atoms with Crippen molar-refractivity contribution in [3.05, 3.63) is 0 Å². The van der Waals surface area contributed by atoms with E-state index in [0.29, 0.717) is 13.0 Å².